The van der Waals surface area contributed by atoms with E-state index in [4.69, 9.17) is 5.26 Å². The van der Waals surface area contributed by atoms with Crippen LogP contribution in [0.2, 0.25) is 0 Å². The van der Waals surface area contributed by atoms with E-state index in [-0.39, 0.29) is 5.41 Å². The van der Waals surface area contributed by atoms with Gasteiger partial charge in [0.2, 0.25) is 0 Å². The maximum Gasteiger partial charge on any atom is 0.163 e. The van der Waals surface area contributed by atoms with Gasteiger partial charge >= 0.3 is 0 Å². The summed E-state index contributed by atoms with van der Waals surface area (Å²) < 4.78 is 2.22. The van der Waals surface area contributed by atoms with Gasteiger partial charge in [0.15, 0.2) is 5.82 Å². The smallest absolute Gasteiger partial charge is 0.163 e. The monoisotopic (exact) mass is 318 g/mol. The molecular weight excluding hydrogens is 296 g/mol. The van der Waals surface area contributed by atoms with Crippen molar-refractivity contribution in [2.24, 2.45) is 24.8 Å². The van der Waals surface area contributed by atoms with E-state index in [1.807, 2.05) is 24.3 Å². The van der Waals surface area contributed by atoms with Crippen molar-refractivity contribution >= 4 is 0 Å². The fourth-order valence-corrected chi connectivity index (χ4v) is 6.12. The molecule has 4 fully saturated rings. The number of nitriles is 1. The highest BCUT2D eigenvalue weighted by molar-refractivity contribution is 5.57. The van der Waals surface area contributed by atoms with Gasteiger partial charge in [-0.2, -0.15) is 5.26 Å². The van der Waals surface area contributed by atoms with Crippen LogP contribution in [0.1, 0.15) is 49.9 Å². The van der Waals surface area contributed by atoms with Crippen molar-refractivity contribution in [2.75, 3.05) is 0 Å². The molecule has 4 heteroatoms. The molecule has 1 aromatic heterocycles. The van der Waals surface area contributed by atoms with Gasteiger partial charge in [-0.05, 0) is 80.5 Å². The van der Waals surface area contributed by atoms with E-state index in [2.05, 4.69) is 27.9 Å². The first-order valence-electron chi connectivity index (χ1n) is 9.07. The molecule has 4 aliphatic rings. The summed E-state index contributed by atoms with van der Waals surface area (Å²) in [5.74, 6) is 4.84. The molecule has 0 atom stereocenters. The van der Waals surface area contributed by atoms with Gasteiger partial charge < -0.3 is 4.57 Å². The molecule has 2 aromatic rings. The molecule has 4 saturated carbocycles. The normalized spacial score (nSPS) is 33.6. The highest BCUT2D eigenvalue weighted by Gasteiger charge is 2.53. The molecule has 0 N–H and O–H groups in total. The van der Waals surface area contributed by atoms with Gasteiger partial charge in [0.05, 0.1) is 11.6 Å². The van der Waals surface area contributed by atoms with Gasteiger partial charge in [-0.1, -0.05) is 0 Å². The Morgan fingerprint density at radius 2 is 1.58 bits per heavy atom. The number of aromatic nitrogens is 3. The summed E-state index contributed by atoms with van der Waals surface area (Å²) in [6.45, 7) is 0. The Morgan fingerprint density at radius 1 is 1.00 bits per heavy atom. The minimum Gasteiger partial charge on any atom is -0.314 e. The Kier molecular flexibility index (Phi) is 2.92. The van der Waals surface area contributed by atoms with Crippen molar-refractivity contribution in [3.63, 3.8) is 0 Å². The van der Waals surface area contributed by atoms with Gasteiger partial charge in [-0.15, -0.1) is 10.2 Å². The molecule has 0 unspecified atom stereocenters. The quantitative estimate of drug-likeness (QED) is 0.846. The van der Waals surface area contributed by atoms with Crippen LogP contribution >= 0.6 is 0 Å². The molecule has 122 valence electrons. The van der Waals surface area contributed by atoms with Crippen LogP contribution in [-0.2, 0) is 12.5 Å². The van der Waals surface area contributed by atoms with Crippen LogP contribution in [0.5, 0.6) is 0 Å². The standard InChI is InChI=1S/C20H22N4/c1-24-18(17-4-2-13(12-21)3-5-17)22-23-19(24)20-9-14-6-15(10-20)8-16(7-14)11-20/h2-5,14-16H,6-11H2,1H3. The lowest BCUT2D eigenvalue weighted by molar-refractivity contribution is -0.0107. The second-order valence-electron chi connectivity index (χ2n) is 8.29. The van der Waals surface area contributed by atoms with Crippen molar-refractivity contribution in [1.29, 1.82) is 5.26 Å². The number of hydrogen-bond donors (Lipinski definition) is 0. The van der Waals surface area contributed by atoms with Gasteiger partial charge in [-0.25, -0.2) is 0 Å². The second-order valence-corrected chi connectivity index (χ2v) is 8.29. The molecule has 0 spiro atoms. The van der Waals surface area contributed by atoms with Gasteiger partial charge in [0.1, 0.15) is 5.82 Å². The first kappa shape index (κ1) is 14.2. The molecule has 6 rings (SSSR count). The topological polar surface area (TPSA) is 54.5 Å². The SMILES string of the molecule is Cn1c(-c2ccc(C#N)cc2)nnc1C12CC3CC(CC(C3)C1)C2. The van der Waals surface area contributed by atoms with Gasteiger partial charge in [0, 0.05) is 18.0 Å². The van der Waals surface area contributed by atoms with Crippen LogP contribution in [0.3, 0.4) is 0 Å². The van der Waals surface area contributed by atoms with Crippen LogP contribution in [0.25, 0.3) is 11.4 Å². The zero-order valence-corrected chi connectivity index (χ0v) is 14.1. The third-order valence-electron chi connectivity index (χ3n) is 6.66. The zero-order chi connectivity index (χ0) is 16.3. The Balaban J connectivity index is 1.54. The molecule has 4 aliphatic carbocycles. The van der Waals surface area contributed by atoms with Crippen molar-refractivity contribution < 1.29 is 0 Å². The molecule has 4 nitrogen and oxygen atoms in total. The first-order valence-corrected chi connectivity index (χ1v) is 9.07. The molecule has 4 bridgehead atoms. The first-order chi connectivity index (χ1) is 11.7. The Labute approximate surface area is 142 Å². The average Bonchev–Trinajstić information content (AvgIpc) is 2.96. The van der Waals surface area contributed by atoms with Gasteiger partial charge in [-0.3, -0.25) is 0 Å². The highest BCUT2D eigenvalue weighted by Crippen LogP contribution is 2.60. The zero-order valence-electron chi connectivity index (χ0n) is 14.1. The third-order valence-corrected chi connectivity index (χ3v) is 6.66. The van der Waals surface area contributed by atoms with Crippen LogP contribution in [0.15, 0.2) is 24.3 Å². The summed E-state index contributed by atoms with van der Waals surface area (Å²) in [5, 5.41) is 18.2. The molecule has 0 amide bonds. The van der Waals surface area contributed by atoms with E-state index in [9.17, 15) is 0 Å². The summed E-state index contributed by atoms with van der Waals surface area (Å²) in [4.78, 5) is 0. The minimum absolute atomic E-state index is 0.265. The Morgan fingerprint density at radius 3 is 2.12 bits per heavy atom. The van der Waals surface area contributed by atoms with E-state index in [1.165, 1.54) is 44.3 Å². The van der Waals surface area contributed by atoms with E-state index in [1.54, 1.807) is 0 Å². The number of hydrogen-bond acceptors (Lipinski definition) is 3. The maximum absolute atomic E-state index is 8.97. The van der Waals surface area contributed by atoms with Crippen molar-refractivity contribution in [3.8, 4) is 17.5 Å². The van der Waals surface area contributed by atoms with Crippen molar-refractivity contribution in [1.82, 2.24) is 14.8 Å². The molecule has 1 heterocycles. The van der Waals surface area contributed by atoms with Crippen LogP contribution in [-0.4, -0.2) is 14.8 Å². The number of rotatable bonds is 2. The Hall–Kier alpha value is -2.15. The van der Waals surface area contributed by atoms with Crippen molar-refractivity contribution in [2.45, 2.75) is 43.9 Å². The summed E-state index contributed by atoms with van der Waals surface area (Å²) in [6.07, 6.45) is 8.24. The summed E-state index contributed by atoms with van der Waals surface area (Å²) in [6, 6.07) is 9.84. The minimum atomic E-state index is 0.265. The van der Waals surface area contributed by atoms with E-state index in [0.717, 1.165) is 29.1 Å². The predicted molar refractivity (Wildman–Crippen MR) is 91.0 cm³/mol. The lowest BCUT2D eigenvalue weighted by atomic mass is 9.49. The fourth-order valence-electron chi connectivity index (χ4n) is 6.12. The largest absolute Gasteiger partial charge is 0.314 e. The summed E-state index contributed by atoms with van der Waals surface area (Å²) in [5.41, 5.74) is 1.99. The molecule has 0 radical (unpaired) electrons. The number of nitrogens with zero attached hydrogens (tertiary/aromatic N) is 4. The van der Waals surface area contributed by atoms with Crippen LogP contribution < -0.4 is 0 Å². The highest BCUT2D eigenvalue weighted by atomic mass is 15.3. The lowest BCUT2D eigenvalue weighted by Crippen LogP contribution is -2.49. The third kappa shape index (κ3) is 1.97. The van der Waals surface area contributed by atoms with E-state index >= 15 is 0 Å². The summed E-state index contributed by atoms with van der Waals surface area (Å²) >= 11 is 0. The van der Waals surface area contributed by atoms with E-state index in [0.29, 0.717) is 5.56 Å². The molecular formula is C20H22N4. The number of benzene rings is 1. The molecule has 0 aliphatic heterocycles. The Bertz CT molecular complexity index is 789. The molecule has 1 aromatic carbocycles. The van der Waals surface area contributed by atoms with E-state index < -0.39 is 0 Å². The lowest BCUT2D eigenvalue weighted by Gasteiger charge is -2.56. The molecule has 0 saturated heterocycles. The van der Waals surface area contributed by atoms with Crippen molar-refractivity contribution in [3.05, 3.63) is 35.7 Å². The van der Waals surface area contributed by atoms with Crippen LogP contribution in [0.4, 0.5) is 0 Å². The van der Waals surface area contributed by atoms with Gasteiger partial charge in [0.25, 0.3) is 0 Å². The second kappa shape index (κ2) is 4.92. The molecule has 24 heavy (non-hydrogen) atoms. The van der Waals surface area contributed by atoms with Crippen LogP contribution in [0, 0.1) is 29.1 Å². The average molecular weight is 318 g/mol. The maximum atomic E-state index is 8.97. The summed E-state index contributed by atoms with van der Waals surface area (Å²) in [7, 11) is 2.11. The predicted octanol–water partition coefficient (Wildman–Crippen LogP) is 3.82. The fraction of sp³-hybridized carbons (Fsp3) is 0.550.